The molecule has 0 bridgehead atoms. The standard InChI is InChI=1S/C15H28N2O2/c1-11(18)10-14-8-5-9-17(14)12(2)15(19)16-13-6-3-4-7-13/h11-14,18H,3-10H2,1-2H3,(H,16,19). The van der Waals surface area contributed by atoms with Crippen LogP contribution >= 0.6 is 0 Å². The van der Waals surface area contributed by atoms with Gasteiger partial charge in [-0.1, -0.05) is 12.8 Å². The van der Waals surface area contributed by atoms with E-state index in [2.05, 4.69) is 10.2 Å². The van der Waals surface area contributed by atoms with Crippen LogP contribution < -0.4 is 5.32 Å². The fraction of sp³-hybridized carbons (Fsp3) is 0.933. The molecule has 4 nitrogen and oxygen atoms in total. The van der Waals surface area contributed by atoms with Crippen molar-refractivity contribution in [3.63, 3.8) is 0 Å². The van der Waals surface area contributed by atoms with Crippen LogP contribution in [0, 0.1) is 0 Å². The fourth-order valence-corrected chi connectivity index (χ4v) is 3.56. The lowest BCUT2D eigenvalue weighted by atomic mass is 10.1. The van der Waals surface area contributed by atoms with Gasteiger partial charge in [0.1, 0.15) is 0 Å². The molecule has 1 amide bonds. The second kappa shape index (κ2) is 6.71. The summed E-state index contributed by atoms with van der Waals surface area (Å²) in [5, 5.41) is 12.7. The number of amides is 1. The van der Waals surface area contributed by atoms with Crippen molar-refractivity contribution in [2.24, 2.45) is 0 Å². The topological polar surface area (TPSA) is 52.6 Å². The van der Waals surface area contributed by atoms with E-state index in [1.165, 1.54) is 12.8 Å². The van der Waals surface area contributed by atoms with Crippen LogP contribution in [0.2, 0.25) is 0 Å². The molecular weight excluding hydrogens is 240 g/mol. The summed E-state index contributed by atoms with van der Waals surface area (Å²) in [5.74, 6) is 0.171. The number of rotatable bonds is 5. The summed E-state index contributed by atoms with van der Waals surface area (Å²) in [6.07, 6.45) is 7.49. The summed E-state index contributed by atoms with van der Waals surface area (Å²) in [6.45, 7) is 4.82. The first kappa shape index (κ1) is 14.8. The molecule has 110 valence electrons. The van der Waals surface area contributed by atoms with Gasteiger partial charge in [-0.05, 0) is 52.5 Å². The maximum atomic E-state index is 12.3. The molecule has 1 saturated heterocycles. The minimum Gasteiger partial charge on any atom is -0.393 e. The van der Waals surface area contributed by atoms with Crippen LogP contribution in [0.1, 0.15) is 58.8 Å². The molecule has 3 unspecified atom stereocenters. The number of nitrogens with zero attached hydrogens (tertiary/aromatic N) is 1. The third-order valence-corrected chi connectivity index (χ3v) is 4.61. The first-order valence-corrected chi connectivity index (χ1v) is 7.82. The average molecular weight is 268 g/mol. The predicted molar refractivity (Wildman–Crippen MR) is 75.9 cm³/mol. The number of aliphatic hydroxyl groups excluding tert-OH is 1. The summed E-state index contributed by atoms with van der Waals surface area (Å²) in [5.41, 5.74) is 0. The van der Waals surface area contributed by atoms with E-state index in [0.717, 1.165) is 38.6 Å². The number of carbonyl (C=O) groups is 1. The van der Waals surface area contributed by atoms with Crippen LogP contribution in [0.3, 0.4) is 0 Å². The molecule has 2 N–H and O–H groups in total. The van der Waals surface area contributed by atoms with Gasteiger partial charge in [0.05, 0.1) is 12.1 Å². The predicted octanol–water partition coefficient (Wildman–Crippen LogP) is 1.67. The van der Waals surface area contributed by atoms with E-state index in [0.29, 0.717) is 12.1 Å². The monoisotopic (exact) mass is 268 g/mol. The van der Waals surface area contributed by atoms with Crippen molar-refractivity contribution >= 4 is 5.91 Å². The Kier molecular flexibility index (Phi) is 5.22. The average Bonchev–Trinajstić information content (AvgIpc) is 2.98. The van der Waals surface area contributed by atoms with Gasteiger partial charge in [0.2, 0.25) is 5.91 Å². The van der Waals surface area contributed by atoms with Gasteiger partial charge in [-0.3, -0.25) is 9.69 Å². The Hall–Kier alpha value is -0.610. The van der Waals surface area contributed by atoms with Crippen molar-refractivity contribution in [1.29, 1.82) is 0 Å². The number of hydrogen-bond acceptors (Lipinski definition) is 3. The molecule has 1 heterocycles. The third kappa shape index (κ3) is 3.93. The molecule has 0 aromatic heterocycles. The normalized spacial score (nSPS) is 28.5. The maximum Gasteiger partial charge on any atom is 0.237 e. The third-order valence-electron chi connectivity index (χ3n) is 4.61. The summed E-state index contributed by atoms with van der Waals surface area (Å²) >= 11 is 0. The van der Waals surface area contributed by atoms with Gasteiger partial charge >= 0.3 is 0 Å². The van der Waals surface area contributed by atoms with Crippen molar-refractivity contribution < 1.29 is 9.90 Å². The molecule has 2 aliphatic rings. The Balaban J connectivity index is 1.86. The summed E-state index contributed by atoms with van der Waals surface area (Å²) < 4.78 is 0. The van der Waals surface area contributed by atoms with E-state index in [-0.39, 0.29) is 18.1 Å². The second-order valence-corrected chi connectivity index (χ2v) is 6.28. The molecule has 1 aliphatic heterocycles. The summed E-state index contributed by atoms with van der Waals surface area (Å²) in [6, 6.07) is 0.698. The molecule has 2 rings (SSSR count). The Morgan fingerprint density at radius 2 is 1.95 bits per heavy atom. The molecule has 0 spiro atoms. The SMILES string of the molecule is CC(O)CC1CCCN1C(C)C(=O)NC1CCCC1. The van der Waals surface area contributed by atoms with Gasteiger partial charge in [0.25, 0.3) is 0 Å². The quantitative estimate of drug-likeness (QED) is 0.797. The Bertz CT molecular complexity index is 301. The van der Waals surface area contributed by atoms with Crippen LogP contribution in [-0.2, 0) is 4.79 Å². The lowest BCUT2D eigenvalue weighted by molar-refractivity contribution is -0.127. The minimum absolute atomic E-state index is 0.0631. The van der Waals surface area contributed by atoms with Gasteiger partial charge in [0, 0.05) is 12.1 Å². The van der Waals surface area contributed by atoms with E-state index in [9.17, 15) is 9.90 Å². The number of hydrogen-bond donors (Lipinski definition) is 2. The smallest absolute Gasteiger partial charge is 0.237 e. The van der Waals surface area contributed by atoms with Crippen LogP contribution in [0.15, 0.2) is 0 Å². The van der Waals surface area contributed by atoms with E-state index in [1.54, 1.807) is 0 Å². The summed E-state index contributed by atoms with van der Waals surface area (Å²) in [7, 11) is 0. The highest BCUT2D eigenvalue weighted by Crippen LogP contribution is 2.24. The highest BCUT2D eigenvalue weighted by atomic mass is 16.3. The molecular formula is C15H28N2O2. The number of nitrogens with one attached hydrogen (secondary N) is 1. The van der Waals surface area contributed by atoms with Gasteiger partial charge in [-0.25, -0.2) is 0 Å². The molecule has 0 aromatic rings. The second-order valence-electron chi connectivity index (χ2n) is 6.28. The van der Waals surface area contributed by atoms with Crippen molar-refractivity contribution in [1.82, 2.24) is 10.2 Å². The largest absolute Gasteiger partial charge is 0.393 e. The van der Waals surface area contributed by atoms with Crippen molar-refractivity contribution in [3.8, 4) is 0 Å². The zero-order valence-electron chi connectivity index (χ0n) is 12.3. The van der Waals surface area contributed by atoms with E-state index in [1.807, 2.05) is 13.8 Å². The van der Waals surface area contributed by atoms with Crippen molar-refractivity contribution in [2.45, 2.75) is 83.0 Å². The van der Waals surface area contributed by atoms with Crippen LogP contribution in [0.5, 0.6) is 0 Å². The lowest BCUT2D eigenvalue weighted by Gasteiger charge is -2.31. The summed E-state index contributed by atoms with van der Waals surface area (Å²) in [4.78, 5) is 14.6. The van der Waals surface area contributed by atoms with Gasteiger partial charge in [-0.2, -0.15) is 0 Å². The van der Waals surface area contributed by atoms with Crippen LogP contribution in [0.4, 0.5) is 0 Å². The highest BCUT2D eigenvalue weighted by molar-refractivity contribution is 5.81. The van der Waals surface area contributed by atoms with Crippen LogP contribution in [0.25, 0.3) is 0 Å². The lowest BCUT2D eigenvalue weighted by Crippen LogP contribution is -2.49. The zero-order chi connectivity index (χ0) is 13.8. The first-order valence-electron chi connectivity index (χ1n) is 7.82. The Morgan fingerprint density at radius 1 is 1.26 bits per heavy atom. The van der Waals surface area contributed by atoms with Gasteiger partial charge in [-0.15, -0.1) is 0 Å². The van der Waals surface area contributed by atoms with Crippen molar-refractivity contribution in [2.75, 3.05) is 6.54 Å². The van der Waals surface area contributed by atoms with E-state index >= 15 is 0 Å². The first-order chi connectivity index (χ1) is 9.08. The zero-order valence-corrected chi connectivity index (χ0v) is 12.3. The van der Waals surface area contributed by atoms with E-state index < -0.39 is 0 Å². The number of carbonyl (C=O) groups excluding carboxylic acids is 1. The van der Waals surface area contributed by atoms with E-state index in [4.69, 9.17) is 0 Å². The fourth-order valence-electron chi connectivity index (χ4n) is 3.56. The minimum atomic E-state index is -0.282. The molecule has 3 atom stereocenters. The van der Waals surface area contributed by atoms with Crippen LogP contribution in [-0.4, -0.2) is 46.7 Å². The maximum absolute atomic E-state index is 12.3. The number of aliphatic hydroxyl groups is 1. The Labute approximate surface area is 116 Å². The molecule has 19 heavy (non-hydrogen) atoms. The molecule has 1 aliphatic carbocycles. The highest BCUT2D eigenvalue weighted by Gasteiger charge is 2.33. The van der Waals surface area contributed by atoms with Gasteiger partial charge < -0.3 is 10.4 Å². The van der Waals surface area contributed by atoms with Crippen molar-refractivity contribution in [3.05, 3.63) is 0 Å². The molecule has 0 aromatic carbocycles. The molecule has 1 saturated carbocycles. The number of likely N-dealkylation sites (tertiary alicyclic amines) is 1. The Morgan fingerprint density at radius 3 is 2.58 bits per heavy atom. The van der Waals surface area contributed by atoms with Gasteiger partial charge in [0.15, 0.2) is 0 Å². The molecule has 2 fully saturated rings. The molecule has 0 radical (unpaired) electrons. The molecule has 4 heteroatoms.